The summed E-state index contributed by atoms with van der Waals surface area (Å²) in [6.45, 7) is 4.94. The fourth-order valence-corrected chi connectivity index (χ4v) is 1.02. The lowest BCUT2D eigenvalue weighted by molar-refractivity contribution is 0.165. The number of thiol groups is 1. The number of rotatable bonds is 3. The van der Waals surface area contributed by atoms with E-state index in [0.29, 0.717) is 25.0 Å². The molecule has 1 heterocycles. The van der Waals surface area contributed by atoms with Gasteiger partial charge in [0.05, 0.1) is 19.3 Å². The number of nitrogens with one attached hydrogen (secondary N) is 1. The highest BCUT2D eigenvalue weighted by Gasteiger charge is 2.11. The Kier molecular flexibility index (Phi) is 3.75. The molecule has 1 aliphatic heterocycles. The number of nitrogens with zero attached hydrogens (tertiary/aromatic N) is 2. The van der Waals surface area contributed by atoms with E-state index < -0.39 is 0 Å². The number of hydrazone groups is 1. The molecule has 1 rings (SSSR count). The molecule has 0 aromatic carbocycles. The van der Waals surface area contributed by atoms with Crippen molar-refractivity contribution in [3.63, 3.8) is 0 Å². The van der Waals surface area contributed by atoms with Gasteiger partial charge in [0.1, 0.15) is 0 Å². The SMILES string of the molecule is CCOC1=CC(OCC)=NN(S)N1. The minimum Gasteiger partial charge on any atom is -0.478 e. The number of hydrazine groups is 1. The van der Waals surface area contributed by atoms with E-state index in [0.717, 1.165) is 0 Å². The molecule has 0 saturated heterocycles. The van der Waals surface area contributed by atoms with Gasteiger partial charge in [0, 0.05) is 0 Å². The molecule has 0 fully saturated rings. The lowest BCUT2D eigenvalue weighted by atomic mass is 10.5. The topological polar surface area (TPSA) is 46.1 Å². The highest BCUT2D eigenvalue weighted by molar-refractivity contribution is 7.77. The van der Waals surface area contributed by atoms with Crippen LogP contribution in [0.4, 0.5) is 0 Å². The van der Waals surface area contributed by atoms with Gasteiger partial charge in [-0.3, -0.25) is 0 Å². The summed E-state index contributed by atoms with van der Waals surface area (Å²) in [7, 11) is 0. The summed E-state index contributed by atoms with van der Waals surface area (Å²) in [6, 6.07) is 0. The molecule has 0 aliphatic carbocycles. The molecule has 74 valence electrons. The highest BCUT2D eigenvalue weighted by atomic mass is 32.1. The average Bonchev–Trinajstić information content (AvgIpc) is 2.04. The van der Waals surface area contributed by atoms with Crippen molar-refractivity contribution in [1.29, 1.82) is 0 Å². The molecule has 1 N–H and O–H groups in total. The zero-order valence-corrected chi connectivity index (χ0v) is 8.54. The summed E-state index contributed by atoms with van der Waals surface area (Å²) in [5, 5.41) is 3.93. The fraction of sp³-hybridized carbons (Fsp3) is 0.571. The lowest BCUT2D eigenvalue weighted by Gasteiger charge is -2.21. The summed E-state index contributed by atoms with van der Waals surface area (Å²) < 4.78 is 11.7. The van der Waals surface area contributed by atoms with Gasteiger partial charge < -0.3 is 9.47 Å². The Hall–Kier alpha value is -1.04. The molecule has 5 nitrogen and oxygen atoms in total. The first-order valence-electron chi connectivity index (χ1n) is 4.07. The summed E-state index contributed by atoms with van der Waals surface area (Å²) in [6.07, 6.45) is 1.68. The van der Waals surface area contributed by atoms with E-state index in [1.807, 2.05) is 13.8 Å². The largest absolute Gasteiger partial charge is 0.478 e. The maximum atomic E-state index is 5.23. The van der Waals surface area contributed by atoms with Gasteiger partial charge in [0.2, 0.25) is 11.8 Å². The summed E-state index contributed by atoms with van der Waals surface area (Å²) in [5.74, 6) is 1.07. The second kappa shape index (κ2) is 4.86. The third-order valence-electron chi connectivity index (χ3n) is 1.25. The molecule has 0 atom stereocenters. The monoisotopic (exact) mass is 203 g/mol. The molecule has 0 spiro atoms. The zero-order valence-electron chi connectivity index (χ0n) is 7.65. The fourth-order valence-electron chi connectivity index (χ4n) is 0.838. The van der Waals surface area contributed by atoms with Crippen molar-refractivity contribution >= 4 is 18.7 Å². The van der Waals surface area contributed by atoms with Crippen LogP contribution in [0.2, 0.25) is 0 Å². The van der Waals surface area contributed by atoms with Gasteiger partial charge in [-0.2, -0.15) is 0 Å². The van der Waals surface area contributed by atoms with Crippen LogP contribution in [0.25, 0.3) is 0 Å². The first-order chi connectivity index (χ1) is 6.26. The van der Waals surface area contributed by atoms with Gasteiger partial charge in [0.25, 0.3) is 0 Å². The third-order valence-corrected chi connectivity index (χ3v) is 1.44. The highest BCUT2D eigenvalue weighted by Crippen LogP contribution is 2.06. The molecular formula is C7H13N3O2S. The Balaban J connectivity index is 2.61. The average molecular weight is 203 g/mol. The molecule has 0 aromatic heterocycles. The molecule has 0 unspecified atom stereocenters. The van der Waals surface area contributed by atoms with Crippen LogP contribution in [-0.4, -0.2) is 23.6 Å². The number of hydrogen-bond acceptors (Lipinski definition) is 6. The van der Waals surface area contributed by atoms with E-state index in [2.05, 4.69) is 23.3 Å². The van der Waals surface area contributed by atoms with Crippen LogP contribution in [-0.2, 0) is 9.47 Å². The zero-order chi connectivity index (χ0) is 9.68. The van der Waals surface area contributed by atoms with E-state index in [1.165, 1.54) is 4.52 Å². The van der Waals surface area contributed by atoms with Crippen LogP contribution < -0.4 is 5.43 Å². The molecule has 0 saturated carbocycles. The molecule has 13 heavy (non-hydrogen) atoms. The molecule has 1 aliphatic rings. The van der Waals surface area contributed by atoms with E-state index in [9.17, 15) is 0 Å². The van der Waals surface area contributed by atoms with Crippen molar-refractivity contribution in [2.24, 2.45) is 5.10 Å². The van der Waals surface area contributed by atoms with Crippen LogP contribution in [0.15, 0.2) is 17.1 Å². The molecular weight excluding hydrogens is 190 g/mol. The standard InChI is InChI=1S/C7H13N3O2S/c1-3-11-6-5-7(12-4-2)9-10(13)8-6/h5,8,13H,3-4H2,1-2H3. The lowest BCUT2D eigenvalue weighted by Crippen LogP contribution is -2.32. The van der Waals surface area contributed by atoms with Gasteiger partial charge in [0.15, 0.2) is 0 Å². The summed E-state index contributed by atoms with van der Waals surface area (Å²) >= 11 is 4.00. The van der Waals surface area contributed by atoms with Crippen LogP contribution in [0, 0.1) is 0 Å². The minimum absolute atomic E-state index is 0.486. The first kappa shape index (κ1) is 10.0. The Morgan fingerprint density at radius 3 is 2.77 bits per heavy atom. The second-order valence-corrected chi connectivity index (χ2v) is 2.59. The Bertz CT molecular complexity index is 230. The van der Waals surface area contributed by atoms with E-state index in [-0.39, 0.29) is 0 Å². The van der Waals surface area contributed by atoms with Gasteiger partial charge in [-0.25, -0.2) is 5.43 Å². The second-order valence-electron chi connectivity index (χ2n) is 2.21. The van der Waals surface area contributed by atoms with Crippen molar-refractivity contribution in [2.45, 2.75) is 13.8 Å². The summed E-state index contributed by atoms with van der Waals surface area (Å²) in [5.41, 5.74) is 2.77. The smallest absolute Gasteiger partial charge is 0.239 e. The normalized spacial score (nSPS) is 15.8. The molecule has 0 radical (unpaired) electrons. The van der Waals surface area contributed by atoms with Crippen molar-refractivity contribution in [3.8, 4) is 0 Å². The number of ether oxygens (including phenoxy) is 2. The van der Waals surface area contributed by atoms with Gasteiger partial charge in [-0.1, -0.05) is 0 Å². The predicted molar refractivity (Wildman–Crippen MR) is 52.7 cm³/mol. The molecule has 0 bridgehead atoms. The van der Waals surface area contributed by atoms with Crippen LogP contribution in [0.3, 0.4) is 0 Å². The van der Waals surface area contributed by atoms with Gasteiger partial charge in [-0.15, -0.1) is 9.62 Å². The number of hydrogen-bond donors (Lipinski definition) is 2. The predicted octanol–water partition coefficient (Wildman–Crippen LogP) is 0.879. The van der Waals surface area contributed by atoms with Crippen molar-refractivity contribution in [1.82, 2.24) is 9.95 Å². The van der Waals surface area contributed by atoms with Gasteiger partial charge >= 0.3 is 0 Å². The molecule has 0 aromatic rings. The van der Waals surface area contributed by atoms with Crippen LogP contribution >= 0.6 is 12.8 Å². The van der Waals surface area contributed by atoms with E-state index in [4.69, 9.17) is 9.47 Å². The summed E-state index contributed by atoms with van der Waals surface area (Å²) in [4.78, 5) is 0. The first-order valence-corrected chi connectivity index (χ1v) is 4.47. The van der Waals surface area contributed by atoms with E-state index >= 15 is 0 Å². The minimum atomic E-state index is 0.486. The van der Waals surface area contributed by atoms with Gasteiger partial charge in [-0.05, 0) is 26.7 Å². The quantitative estimate of drug-likeness (QED) is 0.668. The molecule has 6 heteroatoms. The van der Waals surface area contributed by atoms with Crippen molar-refractivity contribution < 1.29 is 9.47 Å². The van der Waals surface area contributed by atoms with Crippen molar-refractivity contribution in [3.05, 3.63) is 12.0 Å². The van der Waals surface area contributed by atoms with Crippen LogP contribution in [0.1, 0.15) is 13.8 Å². The van der Waals surface area contributed by atoms with E-state index in [1.54, 1.807) is 6.08 Å². The maximum Gasteiger partial charge on any atom is 0.239 e. The Labute approximate surface area is 82.9 Å². The molecule has 0 amide bonds. The Morgan fingerprint density at radius 2 is 2.15 bits per heavy atom. The van der Waals surface area contributed by atoms with Crippen LogP contribution in [0.5, 0.6) is 0 Å². The maximum absolute atomic E-state index is 5.23. The Morgan fingerprint density at radius 1 is 1.46 bits per heavy atom. The van der Waals surface area contributed by atoms with Crippen molar-refractivity contribution in [2.75, 3.05) is 13.2 Å². The third kappa shape index (κ3) is 3.06.